The number of methoxy groups -OCH3 is 1. The van der Waals surface area contributed by atoms with Crippen LogP contribution in [0.5, 0.6) is 0 Å². The average Bonchev–Trinajstić information content (AvgIpc) is 2.28. The number of hydrogen-bond acceptors (Lipinski definition) is 3. The van der Waals surface area contributed by atoms with Gasteiger partial charge in [0.25, 0.3) is 0 Å². The molecule has 0 amide bonds. The first-order valence-corrected chi connectivity index (χ1v) is 5.95. The molecule has 0 heterocycles. The molecule has 0 saturated heterocycles. The molecule has 3 nitrogen and oxygen atoms in total. The zero-order valence-electron chi connectivity index (χ0n) is 10.3. The van der Waals surface area contributed by atoms with Gasteiger partial charge >= 0.3 is 0 Å². The molecule has 0 aliphatic heterocycles. The quantitative estimate of drug-likeness (QED) is 0.750. The SMILES string of the molecule is COC(C)C(C)(O)C1(CN)CCCCC1. The van der Waals surface area contributed by atoms with Gasteiger partial charge in [0.2, 0.25) is 0 Å². The van der Waals surface area contributed by atoms with Gasteiger partial charge in [0.05, 0.1) is 11.7 Å². The standard InChI is InChI=1S/C12H25NO2/c1-10(15-3)11(2,14)12(9-13)7-5-4-6-8-12/h10,14H,4-9,13H2,1-3H3. The lowest BCUT2D eigenvalue weighted by molar-refractivity contribution is -0.160. The third kappa shape index (κ3) is 2.19. The summed E-state index contributed by atoms with van der Waals surface area (Å²) in [4.78, 5) is 0. The van der Waals surface area contributed by atoms with E-state index in [0.717, 1.165) is 12.8 Å². The Morgan fingerprint density at radius 3 is 2.33 bits per heavy atom. The van der Waals surface area contributed by atoms with Crippen molar-refractivity contribution < 1.29 is 9.84 Å². The van der Waals surface area contributed by atoms with Gasteiger partial charge in [-0.15, -0.1) is 0 Å². The van der Waals surface area contributed by atoms with Crippen molar-refractivity contribution in [2.24, 2.45) is 11.1 Å². The smallest absolute Gasteiger partial charge is 0.0945 e. The minimum Gasteiger partial charge on any atom is -0.387 e. The summed E-state index contributed by atoms with van der Waals surface area (Å²) in [6.07, 6.45) is 5.47. The molecule has 0 spiro atoms. The van der Waals surface area contributed by atoms with E-state index in [0.29, 0.717) is 6.54 Å². The summed E-state index contributed by atoms with van der Waals surface area (Å²) >= 11 is 0. The lowest BCUT2D eigenvalue weighted by atomic mass is 9.62. The third-order valence-corrected chi connectivity index (χ3v) is 4.42. The molecule has 0 aromatic rings. The third-order valence-electron chi connectivity index (χ3n) is 4.42. The van der Waals surface area contributed by atoms with Crippen molar-refractivity contribution >= 4 is 0 Å². The van der Waals surface area contributed by atoms with Crippen LogP contribution in [-0.4, -0.2) is 30.5 Å². The van der Waals surface area contributed by atoms with Gasteiger partial charge in [0.15, 0.2) is 0 Å². The molecule has 15 heavy (non-hydrogen) atoms. The zero-order chi connectivity index (χ0) is 11.5. The van der Waals surface area contributed by atoms with E-state index in [1.54, 1.807) is 7.11 Å². The zero-order valence-corrected chi connectivity index (χ0v) is 10.3. The van der Waals surface area contributed by atoms with Crippen LogP contribution in [0.4, 0.5) is 0 Å². The highest BCUT2D eigenvalue weighted by atomic mass is 16.5. The van der Waals surface area contributed by atoms with Crippen molar-refractivity contribution in [3.63, 3.8) is 0 Å². The first-order chi connectivity index (χ1) is 7.00. The van der Waals surface area contributed by atoms with Gasteiger partial charge in [-0.25, -0.2) is 0 Å². The molecule has 0 aromatic carbocycles. The highest BCUT2D eigenvalue weighted by molar-refractivity contribution is 5.01. The van der Waals surface area contributed by atoms with E-state index in [-0.39, 0.29) is 11.5 Å². The second-order valence-electron chi connectivity index (χ2n) is 5.07. The maximum Gasteiger partial charge on any atom is 0.0945 e. The Bertz CT molecular complexity index is 198. The molecule has 3 N–H and O–H groups in total. The van der Waals surface area contributed by atoms with E-state index >= 15 is 0 Å². The van der Waals surface area contributed by atoms with Crippen LogP contribution in [0.1, 0.15) is 46.0 Å². The van der Waals surface area contributed by atoms with Crippen LogP contribution >= 0.6 is 0 Å². The maximum absolute atomic E-state index is 10.7. The van der Waals surface area contributed by atoms with Crippen molar-refractivity contribution in [1.29, 1.82) is 0 Å². The predicted molar refractivity (Wildman–Crippen MR) is 61.7 cm³/mol. The van der Waals surface area contributed by atoms with Crippen LogP contribution in [0, 0.1) is 5.41 Å². The van der Waals surface area contributed by atoms with Crippen LogP contribution in [-0.2, 0) is 4.74 Å². The molecule has 1 fully saturated rings. The Labute approximate surface area is 93.0 Å². The van der Waals surface area contributed by atoms with E-state index in [1.807, 2.05) is 13.8 Å². The fourth-order valence-electron chi connectivity index (χ4n) is 2.81. The van der Waals surface area contributed by atoms with Crippen molar-refractivity contribution in [2.75, 3.05) is 13.7 Å². The molecular weight excluding hydrogens is 190 g/mol. The largest absolute Gasteiger partial charge is 0.387 e. The molecule has 1 rings (SSSR count). The summed E-state index contributed by atoms with van der Waals surface area (Å²) in [7, 11) is 1.65. The van der Waals surface area contributed by atoms with Gasteiger partial charge in [0, 0.05) is 19.1 Å². The Morgan fingerprint density at radius 2 is 1.93 bits per heavy atom. The van der Waals surface area contributed by atoms with Crippen molar-refractivity contribution in [2.45, 2.75) is 57.7 Å². The van der Waals surface area contributed by atoms with Crippen LogP contribution in [0.2, 0.25) is 0 Å². The van der Waals surface area contributed by atoms with Gasteiger partial charge in [0.1, 0.15) is 0 Å². The van der Waals surface area contributed by atoms with Crippen molar-refractivity contribution in [1.82, 2.24) is 0 Å². The van der Waals surface area contributed by atoms with Gasteiger partial charge in [-0.1, -0.05) is 19.3 Å². The van der Waals surface area contributed by atoms with E-state index < -0.39 is 5.60 Å². The lowest BCUT2D eigenvalue weighted by Gasteiger charge is -2.49. The van der Waals surface area contributed by atoms with Crippen molar-refractivity contribution in [3.8, 4) is 0 Å². The summed E-state index contributed by atoms with van der Waals surface area (Å²) in [6.45, 7) is 4.35. The minimum atomic E-state index is -0.822. The maximum atomic E-state index is 10.7. The molecule has 2 atom stereocenters. The molecule has 1 aliphatic rings. The number of hydrogen-bond donors (Lipinski definition) is 2. The normalized spacial score (nSPS) is 27.0. The Kier molecular flexibility index (Phi) is 4.15. The summed E-state index contributed by atoms with van der Waals surface area (Å²) in [5.74, 6) is 0. The topological polar surface area (TPSA) is 55.5 Å². The fraction of sp³-hybridized carbons (Fsp3) is 1.00. The summed E-state index contributed by atoms with van der Waals surface area (Å²) in [5.41, 5.74) is 4.93. The van der Waals surface area contributed by atoms with Crippen LogP contribution < -0.4 is 5.73 Å². The highest BCUT2D eigenvalue weighted by Crippen LogP contribution is 2.46. The molecular formula is C12H25NO2. The monoisotopic (exact) mass is 215 g/mol. The number of rotatable bonds is 4. The summed E-state index contributed by atoms with van der Waals surface area (Å²) in [5, 5.41) is 10.7. The number of aliphatic hydroxyl groups is 1. The molecule has 2 unspecified atom stereocenters. The molecule has 3 heteroatoms. The second kappa shape index (κ2) is 4.81. The molecule has 1 saturated carbocycles. The lowest BCUT2D eigenvalue weighted by Crippen LogP contribution is -2.58. The Hall–Kier alpha value is -0.120. The molecule has 1 aliphatic carbocycles. The number of ether oxygens (including phenoxy) is 1. The van der Waals surface area contributed by atoms with Gasteiger partial charge in [-0.3, -0.25) is 0 Å². The molecule has 0 aromatic heterocycles. The van der Waals surface area contributed by atoms with Crippen LogP contribution in [0.3, 0.4) is 0 Å². The van der Waals surface area contributed by atoms with Crippen LogP contribution in [0.15, 0.2) is 0 Å². The molecule has 0 radical (unpaired) electrons. The Morgan fingerprint density at radius 1 is 1.40 bits per heavy atom. The van der Waals surface area contributed by atoms with Gasteiger partial charge in [-0.05, 0) is 26.7 Å². The first-order valence-electron chi connectivity index (χ1n) is 5.95. The van der Waals surface area contributed by atoms with Crippen LogP contribution in [0.25, 0.3) is 0 Å². The van der Waals surface area contributed by atoms with Crippen molar-refractivity contribution in [3.05, 3.63) is 0 Å². The first kappa shape index (κ1) is 12.9. The number of nitrogens with two attached hydrogens (primary N) is 1. The van der Waals surface area contributed by atoms with E-state index in [1.165, 1.54) is 19.3 Å². The summed E-state index contributed by atoms with van der Waals surface area (Å²) < 4.78 is 5.29. The van der Waals surface area contributed by atoms with E-state index in [9.17, 15) is 5.11 Å². The predicted octanol–water partition coefficient (Wildman–Crippen LogP) is 1.68. The average molecular weight is 215 g/mol. The second-order valence-corrected chi connectivity index (χ2v) is 5.07. The fourth-order valence-corrected chi connectivity index (χ4v) is 2.81. The van der Waals surface area contributed by atoms with E-state index in [2.05, 4.69) is 0 Å². The Balaban J connectivity index is 2.87. The molecule has 0 bridgehead atoms. The van der Waals surface area contributed by atoms with Gasteiger partial charge < -0.3 is 15.6 Å². The summed E-state index contributed by atoms with van der Waals surface area (Å²) in [6, 6.07) is 0. The highest BCUT2D eigenvalue weighted by Gasteiger charge is 2.49. The minimum absolute atomic E-state index is 0.152. The molecule has 90 valence electrons. The van der Waals surface area contributed by atoms with E-state index in [4.69, 9.17) is 10.5 Å². The van der Waals surface area contributed by atoms with Gasteiger partial charge in [-0.2, -0.15) is 0 Å².